The molecule has 1 heterocycles. The van der Waals surface area contributed by atoms with E-state index in [-0.39, 0.29) is 25.4 Å². The van der Waals surface area contributed by atoms with Crippen molar-refractivity contribution in [3.8, 4) is 0 Å². The molecule has 0 aromatic heterocycles. The molecule has 1 atom stereocenters. The Hall–Kier alpha value is -3.68. The van der Waals surface area contributed by atoms with E-state index < -0.39 is 23.9 Å². The number of hydrogen-bond acceptors (Lipinski definition) is 5. The van der Waals surface area contributed by atoms with Crippen LogP contribution in [0.15, 0.2) is 54.6 Å². The molecule has 8 heteroatoms. The molecule has 2 aromatic carbocycles. The molecule has 3 N–H and O–H groups in total. The summed E-state index contributed by atoms with van der Waals surface area (Å²) in [4.78, 5) is 46.4. The molecular weight excluding hydrogens is 362 g/mol. The molecule has 0 unspecified atom stereocenters. The number of hydrogen-bond donors (Lipinski definition) is 3. The lowest BCUT2D eigenvalue weighted by molar-refractivity contribution is -0.145. The Morgan fingerprint density at radius 2 is 1.71 bits per heavy atom. The monoisotopic (exact) mass is 381 g/mol. The van der Waals surface area contributed by atoms with Gasteiger partial charge in [0.25, 0.3) is 11.8 Å². The molecule has 4 amide bonds. The summed E-state index contributed by atoms with van der Waals surface area (Å²) in [5, 5.41) is 7.32. The number of para-hydroxylation sites is 1. The summed E-state index contributed by atoms with van der Waals surface area (Å²) in [6.45, 7) is 0.0582. The van der Waals surface area contributed by atoms with Gasteiger partial charge in [0.1, 0.15) is 12.6 Å². The van der Waals surface area contributed by atoms with Gasteiger partial charge in [-0.2, -0.15) is 0 Å². The average Bonchev–Trinajstić information content (AvgIpc) is 3.03. The Balaban J connectivity index is 1.44. The number of esters is 1. The molecule has 1 aliphatic heterocycles. The van der Waals surface area contributed by atoms with Crippen LogP contribution in [0.25, 0.3) is 0 Å². The van der Waals surface area contributed by atoms with Gasteiger partial charge in [-0.25, -0.2) is 4.79 Å². The normalized spacial score (nSPS) is 15.5. The van der Waals surface area contributed by atoms with Crippen molar-refractivity contribution in [2.75, 3.05) is 5.32 Å². The van der Waals surface area contributed by atoms with Crippen LogP contribution in [0, 0.1) is 0 Å². The van der Waals surface area contributed by atoms with Crippen molar-refractivity contribution in [3.05, 3.63) is 65.7 Å². The van der Waals surface area contributed by atoms with Crippen LogP contribution < -0.4 is 16.0 Å². The van der Waals surface area contributed by atoms with E-state index >= 15 is 0 Å². The first-order valence-corrected chi connectivity index (χ1v) is 8.73. The predicted molar refractivity (Wildman–Crippen MR) is 100 cm³/mol. The molecule has 0 bridgehead atoms. The Kier molecular flexibility index (Phi) is 6.01. The lowest BCUT2D eigenvalue weighted by Crippen LogP contribution is -2.29. The minimum atomic E-state index is -0.706. The molecule has 1 saturated heterocycles. The van der Waals surface area contributed by atoms with Crippen molar-refractivity contribution >= 4 is 29.5 Å². The highest BCUT2D eigenvalue weighted by Gasteiger charge is 2.29. The van der Waals surface area contributed by atoms with E-state index in [9.17, 15) is 19.2 Å². The van der Waals surface area contributed by atoms with Crippen LogP contribution in [0.2, 0.25) is 0 Å². The summed E-state index contributed by atoms with van der Waals surface area (Å²) in [7, 11) is 0. The zero-order chi connectivity index (χ0) is 19.9. The Bertz CT molecular complexity index is 880. The maximum atomic E-state index is 12.2. The molecule has 28 heavy (non-hydrogen) atoms. The predicted octanol–water partition coefficient (Wildman–Crippen LogP) is 1.97. The summed E-state index contributed by atoms with van der Waals surface area (Å²) in [6.07, 6.45) is 0.185. The highest BCUT2D eigenvalue weighted by molar-refractivity contribution is 6.04. The zero-order valence-electron chi connectivity index (χ0n) is 14.9. The van der Waals surface area contributed by atoms with Gasteiger partial charge in [0.15, 0.2) is 0 Å². The molecule has 3 rings (SSSR count). The summed E-state index contributed by atoms with van der Waals surface area (Å²) in [5.74, 6) is -1.14. The van der Waals surface area contributed by atoms with Gasteiger partial charge in [-0.05, 0) is 36.2 Å². The van der Waals surface area contributed by atoms with Crippen LogP contribution in [0.3, 0.4) is 0 Å². The van der Waals surface area contributed by atoms with Gasteiger partial charge in [-0.3, -0.25) is 19.7 Å². The fourth-order valence-electron chi connectivity index (χ4n) is 2.64. The topological polar surface area (TPSA) is 114 Å². The SMILES string of the molecule is O=C1NC(=O)[C@@H](CCC(=O)OCc2ccc(C(=O)Nc3ccccc3)cc2)N1. The molecule has 1 fully saturated rings. The van der Waals surface area contributed by atoms with E-state index in [4.69, 9.17) is 4.74 Å². The van der Waals surface area contributed by atoms with Crippen LogP contribution in [0.5, 0.6) is 0 Å². The molecule has 2 aromatic rings. The molecular formula is C20H19N3O5. The third-order valence-electron chi connectivity index (χ3n) is 4.14. The number of benzene rings is 2. The number of amides is 4. The number of urea groups is 1. The molecule has 144 valence electrons. The van der Waals surface area contributed by atoms with Crippen molar-refractivity contribution in [2.24, 2.45) is 0 Å². The number of ether oxygens (including phenoxy) is 1. The van der Waals surface area contributed by atoms with Gasteiger partial charge in [0.2, 0.25) is 0 Å². The Morgan fingerprint density at radius 1 is 1.00 bits per heavy atom. The maximum absolute atomic E-state index is 12.2. The lowest BCUT2D eigenvalue weighted by Gasteiger charge is -2.08. The largest absolute Gasteiger partial charge is 0.461 e. The molecule has 0 aliphatic carbocycles. The summed E-state index contributed by atoms with van der Waals surface area (Å²) in [6, 6.07) is 14.6. The fourth-order valence-corrected chi connectivity index (χ4v) is 2.64. The molecule has 0 saturated carbocycles. The van der Waals surface area contributed by atoms with E-state index in [1.807, 2.05) is 18.2 Å². The summed E-state index contributed by atoms with van der Waals surface area (Å²) < 4.78 is 5.16. The molecule has 1 aliphatic rings. The van der Waals surface area contributed by atoms with E-state index in [1.54, 1.807) is 36.4 Å². The van der Waals surface area contributed by atoms with Gasteiger partial charge < -0.3 is 15.4 Å². The third kappa shape index (κ3) is 5.16. The van der Waals surface area contributed by atoms with Crippen molar-refractivity contribution < 1.29 is 23.9 Å². The first-order chi connectivity index (χ1) is 13.5. The smallest absolute Gasteiger partial charge is 0.322 e. The second-order valence-corrected chi connectivity index (χ2v) is 6.23. The van der Waals surface area contributed by atoms with Crippen LogP contribution in [-0.4, -0.2) is 29.9 Å². The standard InChI is InChI=1S/C20H19N3O5/c24-17(11-10-16-19(26)23-20(27)22-16)28-12-13-6-8-14(9-7-13)18(25)21-15-4-2-1-3-5-15/h1-9,16H,10-12H2,(H,21,25)(H2,22,23,26,27)/t16-/m1/s1. The van der Waals surface area contributed by atoms with E-state index in [0.717, 1.165) is 5.56 Å². The van der Waals surface area contributed by atoms with Crippen LogP contribution in [0.4, 0.5) is 10.5 Å². The Labute approximate surface area is 161 Å². The van der Waals surface area contributed by atoms with Gasteiger partial charge in [0.05, 0.1) is 0 Å². The van der Waals surface area contributed by atoms with Gasteiger partial charge in [-0.1, -0.05) is 30.3 Å². The second kappa shape index (κ2) is 8.81. The summed E-state index contributed by atoms with van der Waals surface area (Å²) in [5.41, 5.74) is 1.93. The maximum Gasteiger partial charge on any atom is 0.322 e. The number of nitrogens with one attached hydrogen (secondary N) is 3. The minimum Gasteiger partial charge on any atom is -0.461 e. The van der Waals surface area contributed by atoms with Crippen molar-refractivity contribution in [1.29, 1.82) is 0 Å². The van der Waals surface area contributed by atoms with E-state index in [2.05, 4.69) is 16.0 Å². The van der Waals surface area contributed by atoms with E-state index in [0.29, 0.717) is 11.3 Å². The lowest BCUT2D eigenvalue weighted by atomic mass is 10.1. The van der Waals surface area contributed by atoms with Crippen LogP contribution in [0.1, 0.15) is 28.8 Å². The minimum absolute atomic E-state index is 0.00985. The second-order valence-electron chi connectivity index (χ2n) is 6.23. The Morgan fingerprint density at radius 3 is 2.36 bits per heavy atom. The van der Waals surface area contributed by atoms with E-state index in [1.165, 1.54) is 0 Å². The molecule has 0 spiro atoms. The summed E-state index contributed by atoms with van der Waals surface area (Å²) >= 11 is 0. The van der Waals surface area contributed by atoms with Crippen molar-refractivity contribution in [3.63, 3.8) is 0 Å². The first kappa shape index (κ1) is 19.1. The van der Waals surface area contributed by atoms with Crippen molar-refractivity contribution in [2.45, 2.75) is 25.5 Å². The fraction of sp³-hybridized carbons (Fsp3) is 0.200. The quantitative estimate of drug-likeness (QED) is 0.501. The van der Waals surface area contributed by atoms with Gasteiger partial charge >= 0.3 is 12.0 Å². The number of rotatable bonds is 7. The van der Waals surface area contributed by atoms with Crippen LogP contribution >= 0.6 is 0 Å². The third-order valence-corrected chi connectivity index (χ3v) is 4.14. The first-order valence-electron chi connectivity index (χ1n) is 8.73. The highest BCUT2D eigenvalue weighted by atomic mass is 16.5. The molecule has 8 nitrogen and oxygen atoms in total. The van der Waals surface area contributed by atoms with Gasteiger partial charge in [-0.15, -0.1) is 0 Å². The average molecular weight is 381 g/mol. The van der Waals surface area contributed by atoms with Gasteiger partial charge in [0, 0.05) is 17.7 Å². The van der Waals surface area contributed by atoms with Crippen LogP contribution in [-0.2, 0) is 20.9 Å². The number of anilines is 1. The van der Waals surface area contributed by atoms with Crippen molar-refractivity contribution in [1.82, 2.24) is 10.6 Å². The number of carbonyl (C=O) groups is 4. The number of imide groups is 1. The zero-order valence-corrected chi connectivity index (χ0v) is 14.9. The highest BCUT2D eigenvalue weighted by Crippen LogP contribution is 2.11. The number of carbonyl (C=O) groups excluding carboxylic acids is 4. The molecule has 0 radical (unpaired) electrons.